The van der Waals surface area contributed by atoms with Crippen LogP contribution >= 0.6 is 0 Å². The zero-order chi connectivity index (χ0) is 17.0. The number of carbonyl (C=O) groups is 2. The first-order chi connectivity index (χ1) is 11.6. The molecule has 8 nitrogen and oxygen atoms in total. The van der Waals surface area contributed by atoms with Crippen molar-refractivity contribution in [2.24, 2.45) is 0 Å². The summed E-state index contributed by atoms with van der Waals surface area (Å²) in [6, 6.07) is 1.71. The molecule has 3 rings (SSSR count). The van der Waals surface area contributed by atoms with Gasteiger partial charge in [0.15, 0.2) is 5.54 Å². The summed E-state index contributed by atoms with van der Waals surface area (Å²) in [4.78, 5) is 25.7. The maximum Gasteiger partial charge on any atom is 0.331 e. The second-order valence-corrected chi connectivity index (χ2v) is 6.32. The molecule has 24 heavy (non-hydrogen) atoms. The van der Waals surface area contributed by atoms with E-state index in [0.29, 0.717) is 32.5 Å². The van der Waals surface area contributed by atoms with E-state index in [4.69, 9.17) is 9.47 Å². The van der Waals surface area contributed by atoms with Crippen molar-refractivity contribution in [3.63, 3.8) is 0 Å². The second kappa shape index (κ2) is 7.31. The Hall–Kier alpha value is -1.93. The third-order valence-electron chi connectivity index (χ3n) is 4.84. The number of ether oxygens (including phenoxy) is 2. The number of nitrogens with zero attached hydrogens (tertiary/aromatic N) is 3. The van der Waals surface area contributed by atoms with Crippen LogP contribution < -0.4 is 0 Å². The molecule has 1 aromatic rings. The van der Waals surface area contributed by atoms with E-state index < -0.39 is 11.5 Å². The van der Waals surface area contributed by atoms with Crippen LogP contribution in [0, 0.1) is 0 Å². The van der Waals surface area contributed by atoms with Crippen molar-refractivity contribution < 1.29 is 24.2 Å². The summed E-state index contributed by atoms with van der Waals surface area (Å²) in [5.41, 5.74) is -1.07. The number of carboxylic acids is 1. The molecule has 3 heterocycles. The summed E-state index contributed by atoms with van der Waals surface area (Å²) in [6.45, 7) is 1.98. The topological polar surface area (TPSA) is 93.9 Å². The van der Waals surface area contributed by atoms with Gasteiger partial charge in [-0.3, -0.25) is 9.48 Å². The van der Waals surface area contributed by atoms with E-state index >= 15 is 0 Å². The zero-order valence-electron chi connectivity index (χ0n) is 13.6. The van der Waals surface area contributed by atoms with Crippen molar-refractivity contribution in [2.75, 3.05) is 32.9 Å². The standard InChI is InChI=1S/C16H23N3O5/c20-14(12-23-11-13-3-1-10-24-13)18-8-4-16(5-9-18,15(21)22)19-7-2-6-17-19/h2,6-7,13H,1,3-5,8-12H2,(H,21,22)/t13-/m0/s1. The Morgan fingerprint density at radius 2 is 2.17 bits per heavy atom. The van der Waals surface area contributed by atoms with Crippen LogP contribution in [-0.2, 0) is 24.6 Å². The Labute approximate surface area is 140 Å². The minimum absolute atomic E-state index is 0.0156. The summed E-state index contributed by atoms with van der Waals surface area (Å²) in [7, 11) is 0. The molecule has 2 fully saturated rings. The van der Waals surface area contributed by atoms with Gasteiger partial charge < -0.3 is 19.5 Å². The molecule has 1 amide bonds. The van der Waals surface area contributed by atoms with Gasteiger partial charge in [0, 0.05) is 44.9 Å². The van der Waals surface area contributed by atoms with E-state index in [9.17, 15) is 14.7 Å². The first-order valence-corrected chi connectivity index (χ1v) is 8.32. The lowest BCUT2D eigenvalue weighted by Gasteiger charge is -2.38. The highest BCUT2D eigenvalue weighted by molar-refractivity contribution is 5.79. The lowest BCUT2D eigenvalue weighted by molar-refractivity contribution is -0.154. The van der Waals surface area contributed by atoms with Gasteiger partial charge in [0.25, 0.3) is 0 Å². The smallest absolute Gasteiger partial charge is 0.331 e. The molecule has 0 radical (unpaired) electrons. The predicted molar refractivity (Wildman–Crippen MR) is 83.4 cm³/mol. The van der Waals surface area contributed by atoms with Gasteiger partial charge in [-0.1, -0.05) is 0 Å². The molecular formula is C16H23N3O5. The second-order valence-electron chi connectivity index (χ2n) is 6.32. The van der Waals surface area contributed by atoms with Gasteiger partial charge >= 0.3 is 5.97 Å². The number of carbonyl (C=O) groups excluding carboxylic acids is 1. The van der Waals surface area contributed by atoms with Crippen LogP contribution in [0.3, 0.4) is 0 Å². The molecule has 2 aliphatic rings. The number of aliphatic carboxylic acids is 1. The van der Waals surface area contributed by atoms with Gasteiger partial charge in [0.1, 0.15) is 6.61 Å². The largest absolute Gasteiger partial charge is 0.479 e. The summed E-state index contributed by atoms with van der Waals surface area (Å²) in [6.07, 6.45) is 6.01. The van der Waals surface area contributed by atoms with Crippen LogP contribution in [-0.4, -0.2) is 70.7 Å². The highest BCUT2D eigenvalue weighted by Crippen LogP contribution is 2.30. The fourth-order valence-corrected chi connectivity index (χ4v) is 3.33. The van der Waals surface area contributed by atoms with Crippen molar-refractivity contribution in [1.82, 2.24) is 14.7 Å². The molecule has 0 bridgehead atoms. The van der Waals surface area contributed by atoms with Crippen molar-refractivity contribution in [3.05, 3.63) is 18.5 Å². The van der Waals surface area contributed by atoms with Crippen molar-refractivity contribution >= 4 is 11.9 Å². The van der Waals surface area contributed by atoms with Crippen LogP contribution in [0.2, 0.25) is 0 Å². The number of carboxylic acid groups (broad SMARTS) is 1. The lowest BCUT2D eigenvalue weighted by Crippen LogP contribution is -2.53. The maximum atomic E-state index is 12.2. The Bertz CT molecular complexity index is 560. The Balaban J connectivity index is 1.50. The molecule has 0 aromatic carbocycles. The van der Waals surface area contributed by atoms with E-state index in [-0.39, 0.29) is 18.6 Å². The summed E-state index contributed by atoms with van der Waals surface area (Å²) >= 11 is 0. The number of amides is 1. The van der Waals surface area contributed by atoms with E-state index in [1.54, 1.807) is 23.4 Å². The fourth-order valence-electron chi connectivity index (χ4n) is 3.33. The van der Waals surface area contributed by atoms with Crippen LogP contribution in [0.4, 0.5) is 0 Å². The number of hydrogen-bond donors (Lipinski definition) is 1. The molecular weight excluding hydrogens is 314 g/mol. The van der Waals surface area contributed by atoms with Crippen molar-refractivity contribution in [2.45, 2.75) is 37.3 Å². The molecule has 2 saturated heterocycles. The van der Waals surface area contributed by atoms with E-state index in [0.717, 1.165) is 19.4 Å². The van der Waals surface area contributed by atoms with Gasteiger partial charge in [0.05, 0.1) is 12.7 Å². The SMILES string of the molecule is O=C(COC[C@@H]1CCCO1)N1CCC(C(=O)O)(n2cccn2)CC1. The van der Waals surface area contributed by atoms with Crippen LogP contribution in [0.15, 0.2) is 18.5 Å². The number of rotatable bonds is 6. The average molecular weight is 337 g/mol. The number of aromatic nitrogens is 2. The third kappa shape index (κ3) is 3.44. The van der Waals surface area contributed by atoms with Crippen LogP contribution in [0.1, 0.15) is 25.7 Å². The predicted octanol–water partition coefficient (Wildman–Crippen LogP) is 0.481. The normalized spacial score (nSPS) is 23.3. The minimum atomic E-state index is -1.07. The fraction of sp³-hybridized carbons (Fsp3) is 0.688. The molecule has 8 heteroatoms. The molecule has 0 spiro atoms. The van der Waals surface area contributed by atoms with E-state index in [1.165, 1.54) is 4.68 Å². The Kier molecular flexibility index (Phi) is 5.15. The highest BCUT2D eigenvalue weighted by Gasteiger charge is 2.44. The summed E-state index contributed by atoms with van der Waals surface area (Å²) < 4.78 is 12.4. The molecule has 2 aliphatic heterocycles. The molecule has 132 valence electrons. The number of hydrogen-bond acceptors (Lipinski definition) is 5. The average Bonchev–Trinajstić information content (AvgIpc) is 3.28. The molecule has 0 unspecified atom stereocenters. The zero-order valence-corrected chi connectivity index (χ0v) is 13.6. The van der Waals surface area contributed by atoms with Crippen molar-refractivity contribution in [3.8, 4) is 0 Å². The first-order valence-electron chi connectivity index (χ1n) is 8.32. The molecule has 1 N–H and O–H groups in total. The molecule has 1 aromatic heterocycles. The van der Waals surface area contributed by atoms with Crippen molar-refractivity contribution in [1.29, 1.82) is 0 Å². The third-order valence-corrected chi connectivity index (χ3v) is 4.84. The highest BCUT2D eigenvalue weighted by atomic mass is 16.5. The van der Waals surface area contributed by atoms with Gasteiger partial charge in [0.2, 0.25) is 5.91 Å². The Morgan fingerprint density at radius 3 is 2.75 bits per heavy atom. The number of likely N-dealkylation sites (tertiary alicyclic amines) is 1. The summed E-state index contributed by atoms with van der Waals surface area (Å²) in [5.74, 6) is -1.01. The maximum absolute atomic E-state index is 12.2. The molecule has 0 aliphatic carbocycles. The van der Waals surface area contributed by atoms with Gasteiger partial charge in [-0.05, 0) is 18.9 Å². The van der Waals surface area contributed by atoms with Gasteiger partial charge in [-0.2, -0.15) is 5.10 Å². The minimum Gasteiger partial charge on any atom is -0.479 e. The molecule has 1 atom stereocenters. The van der Waals surface area contributed by atoms with Crippen LogP contribution in [0.5, 0.6) is 0 Å². The molecule has 0 saturated carbocycles. The van der Waals surface area contributed by atoms with Crippen LogP contribution in [0.25, 0.3) is 0 Å². The lowest BCUT2D eigenvalue weighted by atomic mass is 9.87. The quantitative estimate of drug-likeness (QED) is 0.811. The van der Waals surface area contributed by atoms with Gasteiger partial charge in [-0.25, -0.2) is 4.79 Å². The number of piperidine rings is 1. The summed E-state index contributed by atoms with van der Waals surface area (Å²) in [5, 5.41) is 13.7. The van der Waals surface area contributed by atoms with Gasteiger partial charge in [-0.15, -0.1) is 0 Å². The van der Waals surface area contributed by atoms with E-state index in [1.807, 2.05) is 0 Å². The first kappa shape index (κ1) is 16.9. The van der Waals surface area contributed by atoms with E-state index in [2.05, 4.69) is 5.10 Å². The Morgan fingerprint density at radius 1 is 1.38 bits per heavy atom. The monoisotopic (exact) mass is 337 g/mol.